The van der Waals surface area contributed by atoms with Gasteiger partial charge in [0.2, 0.25) is 7.07 Å². The number of hydrogen-bond acceptors (Lipinski definition) is 8. The minimum atomic E-state index is -3.56. The molecule has 0 aliphatic rings. The van der Waals surface area contributed by atoms with Gasteiger partial charge in [0, 0.05) is 7.05 Å². The van der Waals surface area contributed by atoms with Crippen molar-refractivity contribution in [2.24, 2.45) is 5.10 Å². The number of ether oxygens (including phenoxy) is 1. The summed E-state index contributed by atoms with van der Waals surface area (Å²) in [6.07, 6.45) is 1.74. The van der Waals surface area contributed by atoms with E-state index in [1.54, 1.807) is 18.1 Å². The first kappa shape index (κ1) is 35.1. The molecule has 0 saturated carbocycles. The van der Waals surface area contributed by atoms with E-state index in [-0.39, 0.29) is 0 Å². The summed E-state index contributed by atoms with van der Waals surface area (Å²) in [5.41, 5.74) is 1.81. The van der Waals surface area contributed by atoms with Gasteiger partial charge in [0.15, 0.2) is 16.6 Å². The fourth-order valence-electron chi connectivity index (χ4n) is 3.63. The Morgan fingerprint density at radius 1 is 0.850 bits per heavy atom. The van der Waals surface area contributed by atoms with Crippen LogP contribution < -0.4 is 9.26 Å². The van der Waals surface area contributed by atoms with Crippen LogP contribution in [0.15, 0.2) is 53.6 Å². The Bertz CT molecular complexity index is 1190. The normalized spacial score (nSPS) is 14.8. The molecule has 2 aromatic rings. The van der Waals surface area contributed by atoms with Crippen molar-refractivity contribution in [1.82, 2.24) is 9.34 Å². The van der Waals surface area contributed by atoms with E-state index in [1.165, 1.54) is 0 Å². The molecule has 0 fully saturated rings. The third-order valence-corrected chi connectivity index (χ3v) is 18.0. The van der Waals surface area contributed by atoms with Crippen molar-refractivity contribution < 1.29 is 22.3 Å². The lowest BCUT2D eigenvalue weighted by Crippen LogP contribution is -2.47. The number of benzene rings is 2. The van der Waals surface area contributed by atoms with Gasteiger partial charge in [-0.2, -0.15) is 5.10 Å². The summed E-state index contributed by atoms with van der Waals surface area (Å²) in [4.78, 5) is 0. The van der Waals surface area contributed by atoms with Gasteiger partial charge in [-0.3, -0.25) is 4.57 Å². The van der Waals surface area contributed by atoms with Gasteiger partial charge in [-0.1, -0.05) is 31.8 Å². The second-order valence-corrected chi connectivity index (χ2v) is 31.5. The van der Waals surface area contributed by atoms with Crippen molar-refractivity contribution in [2.75, 3.05) is 21.2 Å². The van der Waals surface area contributed by atoms with Gasteiger partial charge in [-0.25, -0.2) is 4.78 Å². The highest BCUT2D eigenvalue weighted by atomic mass is 32.4. The van der Waals surface area contributed by atoms with E-state index in [0.717, 1.165) is 16.9 Å². The van der Waals surface area contributed by atoms with Crippen molar-refractivity contribution in [1.29, 1.82) is 0 Å². The fourth-order valence-corrected chi connectivity index (χ4v) is 15.4. The monoisotopic (exact) mass is 659 g/mol. The molecule has 224 valence electrons. The van der Waals surface area contributed by atoms with Crippen molar-refractivity contribution in [3.05, 3.63) is 59.7 Å². The number of hydrogen-bond donors (Lipinski definition) is 0. The van der Waals surface area contributed by atoms with Gasteiger partial charge in [0.1, 0.15) is 25.5 Å². The first-order chi connectivity index (χ1) is 18.2. The van der Waals surface area contributed by atoms with Crippen molar-refractivity contribution in [3.8, 4) is 11.5 Å². The third kappa shape index (κ3) is 11.0. The Morgan fingerprint density at radius 2 is 1.32 bits per heavy atom. The molecule has 0 aromatic heterocycles. The molecule has 0 amide bonds. The molecule has 0 N–H and O–H groups in total. The van der Waals surface area contributed by atoms with Gasteiger partial charge in [-0.15, -0.1) is 0 Å². The Kier molecular flexibility index (Phi) is 12.2. The predicted molar refractivity (Wildman–Crippen MR) is 181 cm³/mol. The molecular weight excluding hydrogens is 613 g/mol. The molecule has 0 aliphatic carbocycles. The lowest BCUT2D eigenvalue weighted by Gasteiger charge is -2.44. The second-order valence-electron chi connectivity index (χ2n) is 12.6. The summed E-state index contributed by atoms with van der Waals surface area (Å²) < 4.78 is 42.9. The summed E-state index contributed by atoms with van der Waals surface area (Å²) in [6, 6.07) is 15.3. The van der Waals surface area contributed by atoms with Crippen molar-refractivity contribution in [3.63, 3.8) is 0 Å². The highest BCUT2D eigenvalue weighted by molar-refractivity contribution is 8.02. The summed E-state index contributed by atoms with van der Waals surface area (Å²) in [5, 5.41) is 4.46. The topological polar surface area (TPSA) is 72.8 Å². The van der Waals surface area contributed by atoms with Crippen LogP contribution in [-0.4, -0.2) is 61.6 Å². The first-order valence-electron chi connectivity index (χ1n) is 13.2. The van der Waals surface area contributed by atoms with Crippen LogP contribution in [-0.2, 0) is 24.8 Å². The summed E-state index contributed by atoms with van der Waals surface area (Å²) in [7, 11) is -6.25. The largest absolute Gasteiger partial charge is 0.497 e. The zero-order valence-corrected chi connectivity index (χ0v) is 31.7. The molecule has 8 nitrogen and oxygen atoms in total. The number of rotatable bonds is 14. The molecule has 0 spiro atoms. The maximum absolute atomic E-state index is 14.7. The van der Waals surface area contributed by atoms with E-state index in [9.17, 15) is 4.57 Å². The van der Waals surface area contributed by atoms with Gasteiger partial charge in [-0.05, 0) is 106 Å². The van der Waals surface area contributed by atoms with Crippen LogP contribution in [0.5, 0.6) is 11.5 Å². The van der Waals surface area contributed by atoms with Crippen LogP contribution in [0.2, 0.25) is 58.9 Å². The molecular formula is C26H47N3O5P2SSi3. The highest BCUT2D eigenvalue weighted by Crippen LogP contribution is 2.65. The number of hydrazone groups is 1. The lowest BCUT2D eigenvalue weighted by molar-refractivity contribution is 0.326. The first-order valence-corrected chi connectivity index (χ1v) is 27.6. The summed E-state index contributed by atoms with van der Waals surface area (Å²) in [5.74, 6) is 0.913. The van der Waals surface area contributed by atoms with Crippen molar-refractivity contribution in [2.45, 2.75) is 64.7 Å². The Labute approximate surface area is 250 Å². The minimum absolute atomic E-state index is 0.517. The zero-order chi connectivity index (χ0) is 30.5. The molecule has 0 bridgehead atoms. The van der Waals surface area contributed by atoms with E-state index in [1.807, 2.05) is 62.6 Å². The van der Waals surface area contributed by atoms with Crippen LogP contribution in [0.1, 0.15) is 16.9 Å². The van der Waals surface area contributed by atoms with E-state index in [2.05, 4.69) is 68.6 Å². The van der Waals surface area contributed by atoms with E-state index in [0.29, 0.717) is 5.75 Å². The maximum atomic E-state index is 14.7. The van der Waals surface area contributed by atoms with Crippen molar-refractivity contribution >= 4 is 57.6 Å². The average Bonchev–Trinajstić information content (AvgIpc) is 2.80. The number of nitrogens with zero attached hydrogens (tertiary/aromatic N) is 3. The molecule has 2 rings (SSSR count). The average molecular weight is 660 g/mol. The zero-order valence-electron chi connectivity index (χ0n) is 26.0. The molecule has 0 heterocycles. The Morgan fingerprint density at radius 3 is 1.75 bits per heavy atom. The SMILES string of the molecule is COc1ccc(/C=N/N(C)[PH](=S)Oc2ccc(C(N(C)[Si](C)(C)C)P(=O)(O[Si](C)(C)C)O[Si](C)(C)C)cc2)cc1. The molecule has 2 aromatic carbocycles. The van der Waals surface area contributed by atoms with Crippen LogP contribution in [0, 0.1) is 0 Å². The van der Waals surface area contributed by atoms with Gasteiger partial charge >= 0.3 is 7.60 Å². The summed E-state index contributed by atoms with van der Waals surface area (Å²) in [6.45, 7) is 19.0. The van der Waals surface area contributed by atoms with Gasteiger partial charge in [0.05, 0.1) is 13.3 Å². The van der Waals surface area contributed by atoms with Crippen LogP contribution in [0.4, 0.5) is 0 Å². The molecule has 0 radical (unpaired) electrons. The van der Waals surface area contributed by atoms with Crippen LogP contribution >= 0.6 is 14.7 Å². The second kappa shape index (κ2) is 13.9. The fraction of sp³-hybridized carbons (Fsp3) is 0.500. The highest BCUT2D eigenvalue weighted by Gasteiger charge is 2.48. The molecule has 0 aliphatic heterocycles. The Hall–Kier alpha value is -1.08. The van der Waals surface area contributed by atoms with E-state index < -0.39 is 45.3 Å². The van der Waals surface area contributed by atoms with E-state index >= 15 is 0 Å². The minimum Gasteiger partial charge on any atom is -0.497 e. The smallest absolute Gasteiger partial charge is 0.332 e. The maximum Gasteiger partial charge on any atom is 0.332 e. The Balaban J connectivity index is 2.33. The van der Waals surface area contributed by atoms with Gasteiger partial charge < -0.3 is 22.3 Å². The van der Waals surface area contributed by atoms with Crippen LogP contribution in [0.25, 0.3) is 0 Å². The molecule has 2 atom stereocenters. The molecule has 40 heavy (non-hydrogen) atoms. The molecule has 14 heteroatoms. The lowest BCUT2D eigenvalue weighted by atomic mass is 10.2. The molecule has 2 unspecified atom stereocenters. The standard InChI is InChI=1S/C26H47N3O5P2SSi3/c1-28(38(4,5)6)26(36(30,33-39(7,8)9)34-40(10,11)12)23-15-19-25(20-16-23)32-35(37)29(2)27-21-22-13-17-24(31-3)18-14-22/h13-21,26,35H,1-12H3/b27-21+. The third-order valence-electron chi connectivity index (χ3n) is 5.67. The van der Waals surface area contributed by atoms with Crippen LogP contribution in [0.3, 0.4) is 0 Å². The number of methoxy groups -OCH3 is 1. The quantitative estimate of drug-likeness (QED) is 0.0870. The predicted octanol–water partition coefficient (Wildman–Crippen LogP) is 8.21. The van der Waals surface area contributed by atoms with E-state index in [4.69, 9.17) is 29.5 Å². The van der Waals surface area contributed by atoms with Gasteiger partial charge in [0.25, 0.3) is 0 Å². The molecule has 0 saturated heterocycles. The summed E-state index contributed by atoms with van der Waals surface area (Å²) >= 11 is 5.64.